The van der Waals surface area contributed by atoms with Crippen molar-refractivity contribution in [2.24, 2.45) is 0 Å². The number of rotatable bonds is 4. The van der Waals surface area contributed by atoms with Crippen LogP contribution in [0.25, 0.3) is 69.5 Å². The molecule has 0 spiro atoms. The quantitative estimate of drug-likeness (QED) is 0.214. The monoisotopic (exact) mass is 514 g/mol. The van der Waals surface area contributed by atoms with Gasteiger partial charge in [0, 0.05) is 38.1 Å². The van der Waals surface area contributed by atoms with Gasteiger partial charge < -0.3 is 0 Å². The van der Waals surface area contributed by atoms with Gasteiger partial charge in [-0.05, 0) is 45.0 Å². The van der Waals surface area contributed by atoms with Crippen molar-refractivity contribution in [3.63, 3.8) is 0 Å². The van der Waals surface area contributed by atoms with Crippen molar-refractivity contribution in [3.05, 3.63) is 145 Å². The molecule has 0 radical (unpaired) electrons. The first-order chi connectivity index (χ1) is 19.3. The van der Waals surface area contributed by atoms with Gasteiger partial charge in [-0.3, -0.25) is 4.98 Å². The Morgan fingerprint density at radius 2 is 1.08 bits per heavy atom. The second-order valence-corrected chi connectivity index (χ2v) is 10.5. The summed E-state index contributed by atoms with van der Waals surface area (Å²) in [5, 5.41) is 2.56. The molecule has 0 aliphatic carbocycles. The van der Waals surface area contributed by atoms with E-state index < -0.39 is 0 Å². The second-order valence-electron chi connectivity index (χ2n) is 9.49. The van der Waals surface area contributed by atoms with Crippen LogP contribution in [0.15, 0.2) is 134 Å². The summed E-state index contributed by atoms with van der Waals surface area (Å²) >= 11 is 1.87. The van der Waals surface area contributed by atoms with Gasteiger partial charge in [0.25, 0.3) is 0 Å². The summed E-state index contributed by atoms with van der Waals surface area (Å²) in [6.07, 6.45) is 3.71. The fourth-order valence-electron chi connectivity index (χ4n) is 5.32. The zero-order chi connectivity index (χ0) is 26.2. The molecule has 0 aliphatic heterocycles. The van der Waals surface area contributed by atoms with Gasteiger partial charge in [0.05, 0.1) is 6.57 Å². The maximum Gasteiger partial charge on any atom is 0.187 e. The molecular weight excluding hydrogens is 492 g/mol. The van der Waals surface area contributed by atoms with Crippen LogP contribution in [-0.4, -0.2) is 4.98 Å². The fraction of sp³-hybridized carbons (Fsp3) is 0. The summed E-state index contributed by atoms with van der Waals surface area (Å²) in [6, 6.07) is 42.5. The van der Waals surface area contributed by atoms with Gasteiger partial charge in [0.1, 0.15) is 0 Å². The van der Waals surface area contributed by atoms with Gasteiger partial charge in [0.15, 0.2) is 5.69 Å². The summed E-state index contributed by atoms with van der Waals surface area (Å²) in [5.74, 6) is 0. The third-order valence-corrected chi connectivity index (χ3v) is 8.53. The van der Waals surface area contributed by atoms with Crippen LogP contribution in [0, 0.1) is 6.57 Å². The summed E-state index contributed by atoms with van der Waals surface area (Å²) in [7, 11) is 0. The first kappa shape index (κ1) is 23.1. The van der Waals surface area contributed by atoms with E-state index >= 15 is 0 Å². The van der Waals surface area contributed by atoms with E-state index in [9.17, 15) is 0 Å². The lowest BCUT2D eigenvalue weighted by atomic mass is 9.93. The van der Waals surface area contributed by atoms with Crippen molar-refractivity contribution in [2.75, 3.05) is 0 Å². The van der Waals surface area contributed by atoms with Crippen LogP contribution in [0.5, 0.6) is 0 Å². The predicted molar refractivity (Wildman–Crippen MR) is 165 cm³/mol. The van der Waals surface area contributed by atoms with E-state index in [1.54, 1.807) is 6.20 Å². The third kappa shape index (κ3) is 4.08. The van der Waals surface area contributed by atoms with E-state index in [2.05, 4.69) is 101 Å². The van der Waals surface area contributed by atoms with Crippen LogP contribution in [0.3, 0.4) is 0 Å². The summed E-state index contributed by atoms with van der Waals surface area (Å²) in [4.78, 5) is 7.82. The lowest BCUT2D eigenvalue weighted by molar-refractivity contribution is 1.33. The van der Waals surface area contributed by atoms with Crippen LogP contribution in [-0.2, 0) is 0 Å². The molecule has 0 fully saturated rings. The Kier molecular flexibility index (Phi) is 5.74. The molecule has 2 aromatic heterocycles. The van der Waals surface area contributed by atoms with E-state index in [1.165, 1.54) is 53.6 Å². The number of hydrogen-bond donors (Lipinski definition) is 0. The topological polar surface area (TPSA) is 17.2 Å². The zero-order valence-corrected chi connectivity index (χ0v) is 21.8. The molecule has 0 atom stereocenters. The summed E-state index contributed by atoms with van der Waals surface area (Å²) in [5.41, 5.74) is 10.1. The highest BCUT2D eigenvalue weighted by Gasteiger charge is 2.16. The molecule has 3 heteroatoms. The minimum atomic E-state index is 0.656. The van der Waals surface area contributed by atoms with Gasteiger partial charge in [-0.15, -0.1) is 11.3 Å². The standard InChI is InChI=1S/C36H22N2S/c1-37-28-20-18-25(19-21-28)29-8-2-3-9-31(29)32-11-5-13-34-33-12-4-10-30(35(33)39-36(32)34)26-16-14-24(15-17-26)27-7-6-22-38-23-27/h2-23H. The molecule has 2 nitrogen and oxygen atoms in total. The molecule has 5 aromatic carbocycles. The number of fused-ring (bicyclic) bond motifs is 3. The Hall–Kier alpha value is -5.04. The van der Waals surface area contributed by atoms with Crippen LogP contribution in [0.2, 0.25) is 0 Å². The van der Waals surface area contributed by atoms with Crippen LogP contribution in [0.4, 0.5) is 5.69 Å². The number of nitrogens with zero attached hydrogens (tertiary/aromatic N) is 2. The molecule has 182 valence electrons. The van der Waals surface area contributed by atoms with E-state index in [0.717, 1.165) is 11.1 Å². The second kappa shape index (κ2) is 9.68. The lowest BCUT2D eigenvalue weighted by Crippen LogP contribution is -1.85. The average molecular weight is 515 g/mol. The minimum Gasteiger partial charge on any atom is -0.264 e. The first-order valence-corrected chi connectivity index (χ1v) is 13.6. The van der Waals surface area contributed by atoms with Crippen molar-refractivity contribution >= 4 is 37.2 Å². The highest BCUT2D eigenvalue weighted by Crippen LogP contribution is 2.45. The minimum absolute atomic E-state index is 0.656. The molecule has 2 heterocycles. The number of benzene rings is 5. The van der Waals surface area contributed by atoms with Gasteiger partial charge in [-0.1, -0.05) is 115 Å². The van der Waals surface area contributed by atoms with Crippen molar-refractivity contribution in [3.8, 4) is 44.5 Å². The van der Waals surface area contributed by atoms with Crippen molar-refractivity contribution < 1.29 is 0 Å². The maximum absolute atomic E-state index is 7.29. The molecule has 0 aliphatic rings. The Balaban J connectivity index is 1.38. The maximum atomic E-state index is 7.29. The lowest BCUT2D eigenvalue weighted by Gasteiger charge is -2.11. The summed E-state index contributed by atoms with van der Waals surface area (Å²) in [6.45, 7) is 7.29. The Bertz CT molecular complexity index is 2000. The van der Waals surface area contributed by atoms with Crippen molar-refractivity contribution in [2.45, 2.75) is 0 Å². The number of pyridine rings is 1. The van der Waals surface area contributed by atoms with E-state index in [0.29, 0.717) is 5.69 Å². The molecule has 0 unspecified atom stereocenters. The normalized spacial score (nSPS) is 11.1. The van der Waals surface area contributed by atoms with E-state index in [1.807, 2.05) is 47.9 Å². The Morgan fingerprint density at radius 1 is 0.487 bits per heavy atom. The molecule has 39 heavy (non-hydrogen) atoms. The largest absolute Gasteiger partial charge is 0.264 e. The molecule has 0 bridgehead atoms. The highest BCUT2D eigenvalue weighted by molar-refractivity contribution is 7.26. The van der Waals surface area contributed by atoms with Gasteiger partial charge in [-0.2, -0.15) is 0 Å². The molecule has 0 N–H and O–H groups in total. The molecule has 0 saturated carbocycles. The highest BCUT2D eigenvalue weighted by atomic mass is 32.1. The molecule has 7 aromatic rings. The van der Waals surface area contributed by atoms with E-state index in [4.69, 9.17) is 6.57 Å². The SMILES string of the molecule is [C-]#[N+]c1ccc(-c2ccccc2-c2cccc3c2sc2c(-c4ccc(-c5cccnc5)cc4)cccc23)cc1. The fourth-order valence-corrected chi connectivity index (χ4v) is 6.68. The van der Waals surface area contributed by atoms with E-state index in [-0.39, 0.29) is 0 Å². The first-order valence-electron chi connectivity index (χ1n) is 12.8. The average Bonchev–Trinajstić information content (AvgIpc) is 3.41. The van der Waals surface area contributed by atoms with Crippen LogP contribution >= 0.6 is 11.3 Å². The zero-order valence-electron chi connectivity index (χ0n) is 21.0. The van der Waals surface area contributed by atoms with Gasteiger partial charge >= 0.3 is 0 Å². The van der Waals surface area contributed by atoms with Crippen LogP contribution < -0.4 is 0 Å². The molecule has 0 saturated heterocycles. The third-order valence-electron chi connectivity index (χ3n) is 7.24. The van der Waals surface area contributed by atoms with Gasteiger partial charge in [0.2, 0.25) is 0 Å². The van der Waals surface area contributed by atoms with Crippen LogP contribution in [0.1, 0.15) is 0 Å². The van der Waals surface area contributed by atoms with Crippen molar-refractivity contribution in [1.82, 2.24) is 4.98 Å². The van der Waals surface area contributed by atoms with Gasteiger partial charge in [-0.25, -0.2) is 4.85 Å². The number of hydrogen-bond acceptors (Lipinski definition) is 2. The predicted octanol–water partition coefficient (Wildman–Crippen LogP) is 10.7. The summed E-state index contributed by atoms with van der Waals surface area (Å²) < 4.78 is 2.59. The smallest absolute Gasteiger partial charge is 0.187 e. The molecular formula is C36H22N2S. The number of thiophene rings is 1. The Labute approximate surface area is 231 Å². The molecule has 7 rings (SSSR count). The van der Waals surface area contributed by atoms with Crippen molar-refractivity contribution in [1.29, 1.82) is 0 Å². The Morgan fingerprint density at radius 3 is 1.77 bits per heavy atom. The molecule has 0 amide bonds. The number of aromatic nitrogens is 1.